The lowest BCUT2D eigenvalue weighted by Gasteiger charge is -2.12. The summed E-state index contributed by atoms with van der Waals surface area (Å²) < 4.78 is 0. The van der Waals surface area contributed by atoms with Gasteiger partial charge in [-0.15, -0.1) is 0 Å². The molecule has 2 aromatic carbocycles. The molecule has 0 aliphatic rings. The average Bonchev–Trinajstić information content (AvgIpc) is 2.52. The third kappa shape index (κ3) is 3.30. The number of carboxylic acid groups (broad SMARTS) is 1. The summed E-state index contributed by atoms with van der Waals surface area (Å²) >= 11 is 0. The predicted molar refractivity (Wildman–Crippen MR) is 87.4 cm³/mol. The van der Waals surface area contributed by atoms with Gasteiger partial charge in [-0.2, -0.15) is 0 Å². The zero-order valence-corrected chi connectivity index (χ0v) is 13.5. The summed E-state index contributed by atoms with van der Waals surface area (Å²) in [6.45, 7) is 3.27. The van der Waals surface area contributed by atoms with Crippen LogP contribution in [0.1, 0.15) is 50.5 Å². The number of rotatable bonds is 5. The van der Waals surface area contributed by atoms with Crippen molar-refractivity contribution < 1.29 is 34.8 Å². The highest BCUT2D eigenvalue weighted by molar-refractivity contribution is 6.18. The predicted octanol–water partition coefficient (Wildman–Crippen LogP) is 2.57. The van der Waals surface area contributed by atoms with Gasteiger partial charge in [0.2, 0.25) is 5.78 Å². The maximum Gasteiger partial charge on any atom is 0.336 e. The Morgan fingerprint density at radius 2 is 1.44 bits per heavy atom. The summed E-state index contributed by atoms with van der Waals surface area (Å²) in [5.74, 6) is -5.25. The van der Waals surface area contributed by atoms with Crippen LogP contribution in [0.3, 0.4) is 0 Å². The molecule has 130 valence electrons. The first-order valence-electron chi connectivity index (χ1n) is 7.35. The van der Waals surface area contributed by atoms with Gasteiger partial charge in [-0.3, -0.25) is 9.59 Å². The minimum absolute atomic E-state index is 0.0114. The Labute approximate surface area is 142 Å². The fourth-order valence-corrected chi connectivity index (χ4v) is 2.40. The Hall–Kier alpha value is -3.35. The number of Topliss-reactive ketones (excluding diaryl/α,β-unsaturated/α-hetero) is 1. The molecule has 0 saturated heterocycles. The Kier molecular flexibility index (Phi) is 4.78. The van der Waals surface area contributed by atoms with Gasteiger partial charge in [0.15, 0.2) is 5.78 Å². The smallest absolute Gasteiger partial charge is 0.336 e. The monoisotopic (exact) mass is 344 g/mol. The van der Waals surface area contributed by atoms with E-state index in [0.29, 0.717) is 0 Å². The summed E-state index contributed by atoms with van der Waals surface area (Å²) in [7, 11) is 0. The molecule has 0 spiro atoms. The first kappa shape index (κ1) is 18.0. The van der Waals surface area contributed by atoms with Crippen molar-refractivity contribution in [3.05, 3.63) is 52.6 Å². The highest BCUT2D eigenvalue weighted by Gasteiger charge is 2.27. The van der Waals surface area contributed by atoms with E-state index in [0.717, 1.165) is 24.3 Å². The van der Waals surface area contributed by atoms with Crippen LogP contribution in [0.15, 0.2) is 30.3 Å². The molecule has 7 heteroatoms. The van der Waals surface area contributed by atoms with Crippen molar-refractivity contribution in [3.8, 4) is 17.2 Å². The molecule has 7 nitrogen and oxygen atoms in total. The molecule has 2 aromatic rings. The number of phenolic OH excluding ortho intramolecular Hbond substituents is 3. The topological polar surface area (TPSA) is 132 Å². The van der Waals surface area contributed by atoms with Crippen LogP contribution in [0.4, 0.5) is 0 Å². The van der Waals surface area contributed by atoms with Crippen molar-refractivity contribution in [2.45, 2.75) is 13.8 Å². The zero-order chi connectivity index (χ0) is 18.9. The highest BCUT2D eigenvalue weighted by atomic mass is 16.4. The molecule has 0 saturated carbocycles. The van der Waals surface area contributed by atoms with Gasteiger partial charge in [0.1, 0.15) is 22.8 Å². The molecule has 4 N–H and O–H groups in total. The maximum atomic E-state index is 12.6. The summed E-state index contributed by atoms with van der Waals surface area (Å²) in [6, 6.07) is 5.52. The first-order valence-corrected chi connectivity index (χ1v) is 7.35. The van der Waals surface area contributed by atoms with Crippen molar-refractivity contribution in [2.75, 3.05) is 0 Å². The zero-order valence-electron chi connectivity index (χ0n) is 13.5. The summed E-state index contributed by atoms with van der Waals surface area (Å²) in [5.41, 5.74) is -1.63. The number of carbonyl (C=O) groups excluding carboxylic acids is 2. The number of ketones is 2. The van der Waals surface area contributed by atoms with E-state index in [1.165, 1.54) is 6.07 Å². The van der Waals surface area contributed by atoms with Crippen LogP contribution in [0, 0.1) is 5.92 Å². The van der Waals surface area contributed by atoms with E-state index in [1.54, 1.807) is 13.8 Å². The Balaban J connectivity index is 2.63. The Morgan fingerprint density at radius 1 is 0.880 bits per heavy atom. The summed E-state index contributed by atoms with van der Waals surface area (Å²) in [5, 5.41) is 39.2. The molecule has 0 radical (unpaired) electrons. The van der Waals surface area contributed by atoms with Crippen LogP contribution in [0.25, 0.3) is 0 Å². The molecule has 2 rings (SSSR count). The Bertz CT molecular complexity index is 858. The molecule has 0 aliphatic carbocycles. The number of benzene rings is 2. The van der Waals surface area contributed by atoms with Gasteiger partial charge in [-0.25, -0.2) is 4.79 Å². The second kappa shape index (κ2) is 6.64. The third-order valence-electron chi connectivity index (χ3n) is 3.63. The molecule has 0 atom stereocenters. The lowest BCUT2D eigenvalue weighted by molar-refractivity contribution is 0.0691. The normalized spacial score (nSPS) is 10.7. The van der Waals surface area contributed by atoms with Gasteiger partial charge in [0.25, 0.3) is 0 Å². The van der Waals surface area contributed by atoms with Crippen molar-refractivity contribution >= 4 is 17.5 Å². The van der Waals surface area contributed by atoms with E-state index in [1.807, 2.05) is 0 Å². The number of hydrogen-bond acceptors (Lipinski definition) is 6. The van der Waals surface area contributed by atoms with E-state index < -0.39 is 51.6 Å². The molecule has 0 heterocycles. The maximum absolute atomic E-state index is 12.6. The van der Waals surface area contributed by atoms with Crippen LogP contribution in [0.5, 0.6) is 17.2 Å². The van der Waals surface area contributed by atoms with E-state index in [9.17, 15) is 29.7 Å². The van der Waals surface area contributed by atoms with Crippen LogP contribution >= 0.6 is 0 Å². The number of aromatic hydroxyl groups is 3. The number of carbonyl (C=O) groups is 3. The second-order valence-electron chi connectivity index (χ2n) is 5.74. The van der Waals surface area contributed by atoms with Gasteiger partial charge in [-0.05, 0) is 24.3 Å². The molecule has 25 heavy (non-hydrogen) atoms. The quantitative estimate of drug-likeness (QED) is 0.613. The van der Waals surface area contributed by atoms with Gasteiger partial charge < -0.3 is 20.4 Å². The minimum Gasteiger partial charge on any atom is -0.507 e. The fourth-order valence-electron chi connectivity index (χ4n) is 2.40. The molecular formula is C18H16O7. The molecule has 0 unspecified atom stereocenters. The fraction of sp³-hybridized carbons (Fsp3) is 0.167. The molecule has 0 bridgehead atoms. The number of hydrogen-bond donors (Lipinski definition) is 4. The summed E-state index contributed by atoms with van der Waals surface area (Å²) in [4.78, 5) is 35.9. The van der Waals surface area contributed by atoms with Crippen molar-refractivity contribution in [1.29, 1.82) is 0 Å². The van der Waals surface area contributed by atoms with E-state index >= 15 is 0 Å². The molecular weight excluding hydrogens is 328 g/mol. The van der Waals surface area contributed by atoms with Crippen LogP contribution < -0.4 is 0 Å². The Morgan fingerprint density at radius 3 is 1.92 bits per heavy atom. The van der Waals surface area contributed by atoms with E-state index in [4.69, 9.17) is 5.11 Å². The standard InChI is InChI=1S/C18H16O7/c1-8(2)16(22)9-6-12(20)15(13(21)7-9)17(23)14-10(18(24)25)4-3-5-11(14)19/h3-8,19-21H,1-2H3,(H,24,25). The lowest BCUT2D eigenvalue weighted by Crippen LogP contribution is -2.12. The SMILES string of the molecule is CC(C)C(=O)c1cc(O)c(C(=O)c2c(O)cccc2C(=O)O)c(O)c1. The number of phenols is 3. The highest BCUT2D eigenvalue weighted by Crippen LogP contribution is 2.35. The van der Waals surface area contributed by atoms with Gasteiger partial charge in [0.05, 0.1) is 11.1 Å². The summed E-state index contributed by atoms with van der Waals surface area (Å²) in [6.07, 6.45) is 0. The molecule has 0 amide bonds. The van der Waals surface area contributed by atoms with E-state index in [2.05, 4.69) is 0 Å². The van der Waals surface area contributed by atoms with Gasteiger partial charge in [0, 0.05) is 11.5 Å². The van der Waals surface area contributed by atoms with Gasteiger partial charge >= 0.3 is 5.97 Å². The van der Waals surface area contributed by atoms with E-state index in [-0.39, 0.29) is 11.3 Å². The van der Waals surface area contributed by atoms with Crippen molar-refractivity contribution in [1.82, 2.24) is 0 Å². The largest absolute Gasteiger partial charge is 0.507 e. The second-order valence-corrected chi connectivity index (χ2v) is 5.74. The number of aromatic carboxylic acids is 1. The number of carboxylic acids is 1. The molecule has 0 aliphatic heterocycles. The lowest BCUT2D eigenvalue weighted by atomic mass is 9.93. The first-order chi connectivity index (χ1) is 11.6. The van der Waals surface area contributed by atoms with Crippen molar-refractivity contribution in [2.24, 2.45) is 5.92 Å². The molecule has 0 fully saturated rings. The van der Waals surface area contributed by atoms with Crippen molar-refractivity contribution in [3.63, 3.8) is 0 Å². The molecule has 0 aromatic heterocycles. The van der Waals surface area contributed by atoms with Crippen LogP contribution in [0.2, 0.25) is 0 Å². The minimum atomic E-state index is -1.45. The third-order valence-corrected chi connectivity index (χ3v) is 3.63. The average molecular weight is 344 g/mol. The van der Waals surface area contributed by atoms with Crippen LogP contribution in [-0.2, 0) is 0 Å². The van der Waals surface area contributed by atoms with Crippen LogP contribution in [-0.4, -0.2) is 38.0 Å². The van der Waals surface area contributed by atoms with Gasteiger partial charge in [-0.1, -0.05) is 19.9 Å².